The van der Waals surface area contributed by atoms with Crippen LogP contribution in [0.3, 0.4) is 0 Å². The van der Waals surface area contributed by atoms with Crippen LogP contribution in [0.5, 0.6) is 0 Å². The van der Waals surface area contributed by atoms with Crippen LogP contribution in [0.2, 0.25) is 5.02 Å². The first-order chi connectivity index (χ1) is 15.0. The van der Waals surface area contributed by atoms with Crippen molar-refractivity contribution < 1.29 is 26.4 Å². The number of hydrogen-bond donors (Lipinski definition) is 0. The van der Waals surface area contributed by atoms with E-state index >= 15 is 0 Å². The van der Waals surface area contributed by atoms with Gasteiger partial charge in [-0.2, -0.15) is 0 Å². The summed E-state index contributed by atoms with van der Waals surface area (Å²) < 4.78 is 6.47. The molecule has 1 fully saturated rings. The number of esters is 1. The molecule has 0 saturated carbocycles. The average molecular weight is 485 g/mol. The molecule has 2 rings (SSSR count). The monoisotopic (exact) mass is 483 g/mol. The van der Waals surface area contributed by atoms with E-state index in [-0.39, 0.29) is 18.4 Å². The number of allylic oxidation sites excluding steroid dienone is 1. The van der Waals surface area contributed by atoms with Crippen LogP contribution in [0.15, 0.2) is 35.9 Å². The molecular weight excluding hydrogens is 441 g/mol. The molecule has 0 amide bonds. The molecule has 5 heteroatoms. The molecular formula is C27H43Cl2NO2. The Morgan fingerprint density at radius 1 is 1.03 bits per heavy atom. The standard InChI is InChI=1S/C27H43ClNO2.ClH/c1-3-4-5-6-7-8-14-21-31-27(30)23-29(18-12-9-13-19-29)20-17-24(2)22-25-15-10-11-16-26(25)28;/h10-11,15-17H,3-9,12-14,18-23H2,1-2H3;1H/q+1;/p-1/b24-17-;. The van der Waals surface area contributed by atoms with Crippen molar-refractivity contribution in [1.29, 1.82) is 0 Å². The van der Waals surface area contributed by atoms with Gasteiger partial charge in [0.1, 0.15) is 0 Å². The minimum atomic E-state index is -0.0231. The predicted octanol–water partition coefficient (Wildman–Crippen LogP) is 4.13. The second kappa shape index (κ2) is 16.6. The number of carbonyl (C=O) groups excluding carboxylic acids is 1. The zero-order chi connectivity index (χ0) is 22.4. The molecule has 0 atom stereocenters. The van der Waals surface area contributed by atoms with Gasteiger partial charge >= 0.3 is 5.97 Å². The topological polar surface area (TPSA) is 26.3 Å². The van der Waals surface area contributed by atoms with Crippen LogP contribution < -0.4 is 12.4 Å². The van der Waals surface area contributed by atoms with Crippen LogP contribution >= 0.6 is 11.6 Å². The van der Waals surface area contributed by atoms with Crippen molar-refractivity contribution in [3.63, 3.8) is 0 Å². The number of hydrogen-bond acceptors (Lipinski definition) is 2. The molecule has 0 aliphatic carbocycles. The fourth-order valence-corrected chi connectivity index (χ4v) is 4.72. The number of likely N-dealkylation sites (tertiary alicyclic amines) is 1. The number of carbonyl (C=O) groups is 1. The Kier molecular flexibility index (Phi) is 15.0. The van der Waals surface area contributed by atoms with E-state index in [4.69, 9.17) is 16.3 Å². The molecule has 1 aromatic rings. The van der Waals surface area contributed by atoms with Crippen molar-refractivity contribution in [2.45, 2.75) is 84.5 Å². The van der Waals surface area contributed by atoms with Crippen LogP contribution in [0.25, 0.3) is 0 Å². The lowest BCUT2D eigenvalue weighted by molar-refractivity contribution is -0.920. The van der Waals surface area contributed by atoms with E-state index in [2.05, 4.69) is 26.0 Å². The van der Waals surface area contributed by atoms with Crippen molar-refractivity contribution in [2.75, 3.05) is 32.8 Å². The van der Waals surface area contributed by atoms with Crippen molar-refractivity contribution in [3.05, 3.63) is 46.5 Å². The maximum Gasteiger partial charge on any atom is 0.361 e. The highest BCUT2D eigenvalue weighted by Gasteiger charge is 2.32. The van der Waals surface area contributed by atoms with Gasteiger partial charge in [-0.25, -0.2) is 4.79 Å². The third-order valence-corrected chi connectivity index (χ3v) is 6.86. The van der Waals surface area contributed by atoms with Crippen LogP contribution in [-0.4, -0.2) is 43.2 Å². The van der Waals surface area contributed by atoms with Crippen LogP contribution in [0.1, 0.15) is 83.6 Å². The summed E-state index contributed by atoms with van der Waals surface area (Å²) >= 11 is 6.32. The fraction of sp³-hybridized carbons (Fsp3) is 0.667. The summed E-state index contributed by atoms with van der Waals surface area (Å²) in [5.41, 5.74) is 2.48. The van der Waals surface area contributed by atoms with E-state index in [1.54, 1.807) is 0 Å². The van der Waals surface area contributed by atoms with Gasteiger partial charge in [-0.15, -0.1) is 0 Å². The third kappa shape index (κ3) is 11.2. The molecule has 1 heterocycles. The van der Waals surface area contributed by atoms with Crippen molar-refractivity contribution in [3.8, 4) is 0 Å². The number of benzene rings is 1. The van der Waals surface area contributed by atoms with E-state index in [0.29, 0.717) is 13.2 Å². The molecule has 0 spiro atoms. The Labute approximate surface area is 207 Å². The minimum Gasteiger partial charge on any atom is -1.00 e. The number of rotatable bonds is 14. The summed E-state index contributed by atoms with van der Waals surface area (Å²) in [6.45, 7) is 8.55. The SMILES string of the molecule is CCCCCCCCCOC(=O)C[N+]1(C/C=C(/C)Cc2ccccc2Cl)CCCCC1.[Cl-]. The number of quaternary nitrogens is 1. The van der Waals surface area contributed by atoms with E-state index in [1.165, 1.54) is 63.4 Å². The fourth-order valence-electron chi connectivity index (χ4n) is 4.52. The van der Waals surface area contributed by atoms with Gasteiger partial charge in [0.25, 0.3) is 0 Å². The van der Waals surface area contributed by atoms with E-state index in [9.17, 15) is 4.79 Å². The van der Waals surface area contributed by atoms with Gasteiger partial charge in [0, 0.05) is 5.02 Å². The second-order valence-electron chi connectivity index (χ2n) is 9.35. The van der Waals surface area contributed by atoms with Crippen molar-refractivity contribution in [1.82, 2.24) is 0 Å². The number of halogens is 2. The van der Waals surface area contributed by atoms with Crippen molar-refractivity contribution in [2.24, 2.45) is 0 Å². The molecule has 0 unspecified atom stereocenters. The van der Waals surface area contributed by atoms with E-state index < -0.39 is 0 Å². The molecule has 0 N–H and O–H groups in total. The molecule has 182 valence electrons. The highest BCUT2D eigenvalue weighted by molar-refractivity contribution is 6.31. The molecule has 0 radical (unpaired) electrons. The summed E-state index contributed by atoms with van der Waals surface area (Å²) in [5.74, 6) is -0.0231. The molecule has 32 heavy (non-hydrogen) atoms. The van der Waals surface area contributed by atoms with Gasteiger partial charge in [0.15, 0.2) is 6.54 Å². The summed E-state index contributed by atoms with van der Waals surface area (Å²) in [6.07, 6.45) is 15.5. The lowest BCUT2D eigenvalue weighted by Crippen LogP contribution is -3.00. The Bertz CT molecular complexity index is 684. The number of unbranched alkanes of at least 4 members (excludes halogenated alkanes) is 6. The third-order valence-electron chi connectivity index (χ3n) is 6.49. The maximum absolute atomic E-state index is 12.6. The molecule has 3 nitrogen and oxygen atoms in total. The molecule has 0 aromatic heterocycles. The second-order valence-corrected chi connectivity index (χ2v) is 9.76. The first-order valence-corrected chi connectivity index (χ1v) is 12.8. The number of ether oxygens (including phenoxy) is 1. The molecule has 1 aliphatic heterocycles. The number of piperidine rings is 1. The smallest absolute Gasteiger partial charge is 0.361 e. The molecule has 1 aromatic carbocycles. The summed E-state index contributed by atoms with van der Waals surface area (Å²) in [6, 6.07) is 8.04. The Hall–Kier alpha value is -1.03. The van der Waals surface area contributed by atoms with Gasteiger partial charge in [0.2, 0.25) is 0 Å². The van der Waals surface area contributed by atoms with Crippen LogP contribution in [-0.2, 0) is 16.0 Å². The van der Waals surface area contributed by atoms with Gasteiger partial charge in [-0.05, 0) is 56.7 Å². The van der Waals surface area contributed by atoms with Gasteiger partial charge in [-0.1, -0.05) is 80.8 Å². The van der Waals surface area contributed by atoms with Crippen molar-refractivity contribution >= 4 is 17.6 Å². The lowest BCUT2D eigenvalue weighted by atomic mass is 10.0. The highest BCUT2D eigenvalue weighted by atomic mass is 35.5. The van der Waals surface area contributed by atoms with Gasteiger partial charge < -0.3 is 21.6 Å². The van der Waals surface area contributed by atoms with E-state index in [0.717, 1.165) is 47.5 Å². The highest BCUT2D eigenvalue weighted by Crippen LogP contribution is 2.22. The Balaban J connectivity index is 0.00000512. The summed E-state index contributed by atoms with van der Waals surface area (Å²) in [7, 11) is 0. The normalized spacial score (nSPS) is 15.8. The zero-order valence-electron chi connectivity index (χ0n) is 20.2. The van der Waals surface area contributed by atoms with Gasteiger partial charge in [-0.3, -0.25) is 0 Å². The Morgan fingerprint density at radius 3 is 2.38 bits per heavy atom. The maximum atomic E-state index is 12.6. The largest absolute Gasteiger partial charge is 1.00 e. The molecule has 0 bridgehead atoms. The predicted molar refractivity (Wildman–Crippen MR) is 131 cm³/mol. The van der Waals surface area contributed by atoms with E-state index in [1.807, 2.05) is 18.2 Å². The summed E-state index contributed by atoms with van der Waals surface area (Å²) in [4.78, 5) is 12.6. The average Bonchev–Trinajstić information content (AvgIpc) is 2.76. The first kappa shape index (κ1) is 29.0. The molecule has 1 aliphatic rings. The number of nitrogens with zero attached hydrogens (tertiary/aromatic N) is 1. The van der Waals surface area contributed by atoms with Crippen LogP contribution in [0.4, 0.5) is 0 Å². The first-order valence-electron chi connectivity index (χ1n) is 12.4. The quantitative estimate of drug-likeness (QED) is 0.172. The Morgan fingerprint density at radius 2 is 1.69 bits per heavy atom. The summed E-state index contributed by atoms with van der Waals surface area (Å²) in [5, 5.41) is 0.825. The van der Waals surface area contributed by atoms with Gasteiger partial charge in [0.05, 0.1) is 26.2 Å². The zero-order valence-corrected chi connectivity index (χ0v) is 21.7. The minimum absolute atomic E-state index is 0. The lowest BCUT2D eigenvalue weighted by Gasteiger charge is -2.40. The molecule has 1 saturated heterocycles. The van der Waals surface area contributed by atoms with Crippen LogP contribution in [0, 0.1) is 0 Å².